The summed E-state index contributed by atoms with van der Waals surface area (Å²) in [6, 6.07) is 16.8. The Morgan fingerprint density at radius 3 is 2.33 bits per heavy atom. The molecule has 40 heavy (non-hydrogen) atoms. The monoisotopic (exact) mass is 549 g/mol. The van der Waals surface area contributed by atoms with Crippen molar-refractivity contribution in [2.24, 2.45) is 5.92 Å². The normalized spacial score (nSPS) is 18.5. The first kappa shape index (κ1) is 31.7. The van der Waals surface area contributed by atoms with Crippen LogP contribution in [0, 0.1) is 17.2 Å². The van der Waals surface area contributed by atoms with Crippen molar-refractivity contribution in [3.05, 3.63) is 53.6 Å². The zero-order chi connectivity index (χ0) is 28.7. The quantitative estimate of drug-likeness (QED) is 0.154. The van der Waals surface area contributed by atoms with Crippen molar-refractivity contribution >= 4 is 5.97 Å². The molecule has 2 aromatic carbocycles. The molecule has 5 heteroatoms. The number of aryl methyl sites for hydroxylation is 1. The summed E-state index contributed by atoms with van der Waals surface area (Å²) in [4.78, 5) is 12.0. The van der Waals surface area contributed by atoms with Crippen molar-refractivity contribution in [2.75, 3.05) is 0 Å². The van der Waals surface area contributed by atoms with E-state index in [9.17, 15) is 14.4 Å². The molecule has 0 aromatic heterocycles. The van der Waals surface area contributed by atoms with Crippen LogP contribution in [-0.4, -0.2) is 24.3 Å². The molecule has 0 amide bonds. The lowest BCUT2D eigenvalue weighted by Gasteiger charge is -2.28. The van der Waals surface area contributed by atoms with E-state index in [-0.39, 0.29) is 18.6 Å². The summed E-state index contributed by atoms with van der Waals surface area (Å²) in [5.41, 5.74) is 3.98. The second kappa shape index (κ2) is 17.1. The summed E-state index contributed by atoms with van der Waals surface area (Å²) in [5.74, 6) is 0.598. The van der Waals surface area contributed by atoms with Gasteiger partial charge in [0.1, 0.15) is 17.9 Å². The maximum Gasteiger partial charge on any atom is 0.340 e. The van der Waals surface area contributed by atoms with Crippen molar-refractivity contribution < 1.29 is 18.7 Å². The molecule has 0 spiro atoms. The molecule has 0 unspecified atom stereocenters. The van der Waals surface area contributed by atoms with E-state index < -0.39 is 12.1 Å². The third-order valence-electron chi connectivity index (χ3n) is 8.16. The number of unbranched alkanes of at least 4 members (excludes halogenated alkanes) is 4. The minimum absolute atomic E-state index is 0.0946. The predicted molar refractivity (Wildman–Crippen MR) is 160 cm³/mol. The highest BCUT2D eigenvalue weighted by Crippen LogP contribution is 2.31. The summed E-state index contributed by atoms with van der Waals surface area (Å²) >= 11 is 0. The standard InChI is InChI=1S/C35H48FNO3/c1-4-6-8-9-10-26(3)39-34-23-20-30(24-31(34)25-37)29-18-14-27(15-19-29)12-13-28-16-21-32(22-17-28)40-35(38)33(36)11-7-5-2/h14-15,18-20,23-24,26,28,32-33H,4-13,16-17,21-22H2,1-3H3/t26-,28?,32?,33-/m0/s1. The molecule has 2 aromatic rings. The number of carbonyl (C=O) groups excluding carboxylic acids is 1. The third kappa shape index (κ3) is 10.3. The largest absolute Gasteiger partial charge is 0.489 e. The van der Waals surface area contributed by atoms with Crippen LogP contribution in [0.5, 0.6) is 5.75 Å². The minimum atomic E-state index is -1.48. The van der Waals surface area contributed by atoms with E-state index in [2.05, 4.69) is 44.2 Å². The third-order valence-corrected chi connectivity index (χ3v) is 8.16. The van der Waals surface area contributed by atoms with Crippen LogP contribution in [0.4, 0.5) is 4.39 Å². The van der Waals surface area contributed by atoms with Crippen LogP contribution in [0.1, 0.15) is 115 Å². The molecule has 0 N–H and O–H groups in total. The highest BCUT2D eigenvalue weighted by molar-refractivity contribution is 5.74. The van der Waals surface area contributed by atoms with Crippen molar-refractivity contribution in [3.8, 4) is 22.9 Å². The maximum absolute atomic E-state index is 13.9. The van der Waals surface area contributed by atoms with Crippen LogP contribution in [0.25, 0.3) is 11.1 Å². The molecule has 0 bridgehead atoms. The maximum atomic E-state index is 13.9. The van der Waals surface area contributed by atoms with Crippen molar-refractivity contribution in [1.29, 1.82) is 5.26 Å². The van der Waals surface area contributed by atoms with Gasteiger partial charge in [0.05, 0.1) is 11.7 Å². The topological polar surface area (TPSA) is 59.3 Å². The Balaban J connectivity index is 1.45. The van der Waals surface area contributed by atoms with Gasteiger partial charge in [-0.1, -0.05) is 76.3 Å². The molecule has 0 heterocycles. The van der Waals surface area contributed by atoms with Gasteiger partial charge >= 0.3 is 5.97 Å². The van der Waals surface area contributed by atoms with Gasteiger partial charge in [0.25, 0.3) is 0 Å². The molecule has 1 fully saturated rings. The Kier molecular flexibility index (Phi) is 13.5. The van der Waals surface area contributed by atoms with Crippen molar-refractivity contribution in [3.63, 3.8) is 0 Å². The SMILES string of the molecule is CCCCCC[C@H](C)Oc1ccc(-c2ccc(CCC3CCC(OC(=O)[C@@H](F)CCCC)CC3)cc2)cc1C#N. The van der Waals surface area contributed by atoms with Gasteiger partial charge in [0, 0.05) is 0 Å². The number of ether oxygens (including phenoxy) is 2. The van der Waals surface area contributed by atoms with Gasteiger partial charge in [-0.3, -0.25) is 0 Å². The van der Waals surface area contributed by atoms with E-state index in [1.54, 1.807) is 0 Å². The number of hydrogen-bond donors (Lipinski definition) is 0. The highest BCUT2D eigenvalue weighted by Gasteiger charge is 2.27. The van der Waals surface area contributed by atoms with Gasteiger partial charge in [-0.05, 0) is 99.5 Å². The summed E-state index contributed by atoms with van der Waals surface area (Å²) in [5, 5.41) is 9.73. The molecular weight excluding hydrogens is 501 g/mol. The Morgan fingerprint density at radius 1 is 0.950 bits per heavy atom. The number of hydrogen-bond acceptors (Lipinski definition) is 4. The summed E-state index contributed by atoms with van der Waals surface area (Å²) < 4.78 is 25.5. The van der Waals surface area contributed by atoms with Crippen molar-refractivity contribution in [2.45, 2.75) is 129 Å². The molecular formula is C35H48FNO3. The fraction of sp³-hybridized carbons (Fsp3) is 0.600. The fourth-order valence-corrected chi connectivity index (χ4v) is 5.55. The first-order valence-electron chi connectivity index (χ1n) is 15.6. The summed E-state index contributed by atoms with van der Waals surface area (Å²) in [6.45, 7) is 6.28. The predicted octanol–water partition coefficient (Wildman–Crippen LogP) is 9.53. The second-order valence-corrected chi connectivity index (χ2v) is 11.5. The average molecular weight is 550 g/mol. The molecule has 3 rings (SSSR count). The van der Waals surface area contributed by atoms with Gasteiger partial charge in [0.2, 0.25) is 0 Å². The number of carbonyl (C=O) groups is 1. The van der Waals surface area contributed by atoms with Gasteiger partial charge < -0.3 is 9.47 Å². The number of esters is 1. The Bertz CT molecular complexity index is 1070. The molecule has 218 valence electrons. The lowest BCUT2D eigenvalue weighted by molar-refractivity contribution is -0.157. The Labute approximate surface area is 241 Å². The van der Waals surface area contributed by atoms with Crippen molar-refractivity contribution in [1.82, 2.24) is 0 Å². The Morgan fingerprint density at radius 2 is 1.65 bits per heavy atom. The van der Waals surface area contributed by atoms with Crippen LogP contribution in [0.2, 0.25) is 0 Å². The van der Waals surface area contributed by atoms with E-state index in [1.165, 1.54) is 24.8 Å². The number of nitrogens with zero attached hydrogens (tertiary/aromatic N) is 1. The molecule has 4 nitrogen and oxygen atoms in total. The van der Waals surface area contributed by atoms with Crippen LogP contribution >= 0.6 is 0 Å². The zero-order valence-corrected chi connectivity index (χ0v) is 24.8. The van der Waals surface area contributed by atoms with E-state index in [1.807, 2.05) is 25.1 Å². The van der Waals surface area contributed by atoms with Gasteiger partial charge in [-0.2, -0.15) is 5.26 Å². The van der Waals surface area contributed by atoms with Gasteiger partial charge in [0.15, 0.2) is 6.17 Å². The van der Waals surface area contributed by atoms with Gasteiger partial charge in [-0.15, -0.1) is 0 Å². The first-order chi connectivity index (χ1) is 19.4. The second-order valence-electron chi connectivity index (χ2n) is 11.5. The fourth-order valence-electron chi connectivity index (χ4n) is 5.55. The molecule has 1 aliphatic rings. The molecule has 0 saturated heterocycles. The molecule has 1 saturated carbocycles. The van der Waals surface area contributed by atoms with E-state index in [0.29, 0.717) is 23.7 Å². The molecule has 0 radical (unpaired) electrons. The molecule has 1 aliphatic carbocycles. The minimum Gasteiger partial charge on any atom is -0.489 e. The number of benzene rings is 2. The molecule has 0 aliphatic heterocycles. The van der Waals surface area contributed by atoms with E-state index in [0.717, 1.165) is 68.9 Å². The summed E-state index contributed by atoms with van der Waals surface area (Å²) in [6.07, 6.45) is 12.0. The average Bonchev–Trinajstić information content (AvgIpc) is 2.98. The zero-order valence-electron chi connectivity index (χ0n) is 24.8. The van der Waals surface area contributed by atoms with Crippen LogP contribution in [0.3, 0.4) is 0 Å². The van der Waals surface area contributed by atoms with Crippen LogP contribution in [-0.2, 0) is 16.0 Å². The number of nitriles is 1. The van der Waals surface area contributed by atoms with Crippen LogP contribution in [0.15, 0.2) is 42.5 Å². The molecule has 2 atom stereocenters. The number of alkyl halides is 1. The smallest absolute Gasteiger partial charge is 0.340 e. The lowest BCUT2D eigenvalue weighted by atomic mass is 9.83. The van der Waals surface area contributed by atoms with E-state index in [4.69, 9.17) is 9.47 Å². The van der Waals surface area contributed by atoms with E-state index >= 15 is 0 Å². The Hall–Kier alpha value is -2.87. The van der Waals surface area contributed by atoms with Crippen LogP contribution < -0.4 is 4.74 Å². The number of rotatable bonds is 16. The highest BCUT2D eigenvalue weighted by atomic mass is 19.1. The first-order valence-corrected chi connectivity index (χ1v) is 15.6. The number of halogens is 1. The van der Waals surface area contributed by atoms with Gasteiger partial charge in [-0.25, -0.2) is 9.18 Å². The lowest BCUT2D eigenvalue weighted by Crippen LogP contribution is -2.29. The summed E-state index contributed by atoms with van der Waals surface area (Å²) in [7, 11) is 0.